The van der Waals surface area contributed by atoms with Crippen LogP contribution in [0.15, 0.2) is 30.5 Å². The third-order valence-corrected chi connectivity index (χ3v) is 2.71. The summed E-state index contributed by atoms with van der Waals surface area (Å²) in [6.45, 7) is 2.89. The number of nitrogens with one attached hydrogen (secondary N) is 2. The van der Waals surface area contributed by atoms with Crippen LogP contribution in [0.25, 0.3) is 0 Å². The third kappa shape index (κ3) is 3.31. The Hall–Kier alpha value is -2.44. The Balaban J connectivity index is 1.93. The maximum absolute atomic E-state index is 13.3. The van der Waals surface area contributed by atoms with Crippen LogP contribution in [-0.4, -0.2) is 15.8 Å². The van der Waals surface area contributed by atoms with Crippen molar-refractivity contribution in [1.82, 2.24) is 15.1 Å². The first-order valence-electron chi connectivity index (χ1n) is 6.10. The van der Waals surface area contributed by atoms with E-state index in [9.17, 15) is 13.6 Å². The van der Waals surface area contributed by atoms with E-state index in [1.165, 1.54) is 6.07 Å². The van der Waals surface area contributed by atoms with Crippen LogP contribution < -0.4 is 10.6 Å². The molecule has 2 aromatic rings. The maximum atomic E-state index is 13.3. The normalized spacial score (nSPS) is 10.3. The van der Waals surface area contributed by atoms with Crippen LogP contribution >= 0.6 is 0 Å². The Labute approximate surface area is 114 Å². The predicted octanol–water partition coefficient (Wildman–Crippen LogP) is 2.50. The van der Waals surface area contributed by atoms with E-state index in [2.05, 4.69) is 15.7 Å². The number of aryl methyl sites for hydroxylation is 1. The molecular weight excluding hydrogens is 266 g/mol. The number of hydrogen-bond acceptors (Lipinski definition) is 2. The van der Waals surface area contributed by atoms with E-state index in [-0.39, 0.29) is 12.2 Å². The quantitative estimate of drug-likeness (QED) is 0.904. The van der Waals surface area contributed by atoms with Gasteiger partial charge >= 0.3 is 6.03 Å². The van der Waals surface area contributed by atoms with Crippen LogP contribution in [0.4, 0.5) is 19.3 Å². The first kappa shape index (κ1) is 14.0. The lowest BCUT2D eigenvalue weighted by Gasteiger charge is -2.09. The zero-order valence-corrected chi connectivity index (χ0v) is 10.9. The largest absolute Gasteiger partial charge is 0.332 e. The highest BCUT2D eigenvalue weighted by Gasteiger charge is 2.08. The van der Waals surface area contributed by atoms with Gasteiger partial charge in [0.15, 0.2) is 0 Å². The van der Waals surface area contributed by atoms with E-state index in [0.29, 0.717) is 12.6 Å². The van der Waals surface area contributed by atoms with Gasteiger partial charge < -0.3 is 10.6 Å². The van der Waals surface area contributed by atoms with Gasteiger partial charge in [-0.25, -0.2) is 13.6 Å². The molecule has 0 unspecified atom stereocenters. The first-order chi connectivity index (χ1) is 9.60. The lowest BCUT2D eigenvalue weighted by molar-refractivity contribution is 0.251. The first-order valence-corrected chi connectivity index (χ1v) is 6.10. The van der Waals surface area contributed by atoms with Crippen molar-refractivity contribution in [2.45, 2.75) is 20.0 Å². The highest BCUT2D eigenvalue weighted by molar-refractivity contribution is 5.89. The average molecular weight is 280 g/mol. The Kier molecular flexibility index (Phi) is 4.29. The number of carbonyl (C=O) groups is 1. The van der Waals surface area contributed by atoms with Crippen LogP contribution in [0.3, 0.4) is 0 Å². The summed E-state index contributed by atoms with van der Waals surface area (Å²) < 4.78 is 27.8. The molecule has 7 heteroatoms. The second-order valence-electron chi connectivity index (χ2n) is 4.07. The van der Waals surface area contributed by atoms with E-state index in [1.54, 1.807) is 16.9 Å². The van der Waals surface area contributed by atoms with Crippen molar-refractivity contribution in [1.29, 1.82) is 0 Å². The molecule has 20 heavy (non-hydrogen) atoms. The predicted molar refractivity (Wildman–Crippen MR) is 70.1 cm³/mol. The average Bonchev–Trinajstić information content (AvgIpc) is 2.87. The molecule has 0 radical (unpaired) electrons. The third-order valence-electron chi connectivity index (χ3n) is 2.71. The van der Waals surface area contributed by atoms with Gasteiger partial charge in [-0.05, 0) is 25.1 Å². The molecule has 2 amide bonds. The molecule has 1 heterocycles. The number of urea groups is 1. The molecule has 0 aliphatic heterocycles. The molecular formula is C13H14F2N4O. The van der Waals surface area contributed by atoms with Crippen molar-refractivity contribution in [3.8, 4) is 0 Å². The van der Waals surface area contributed by atoms with Gasteiger partial charge in [0.2, 0.25) is 0 Å². The second kappa shape index (κ2) is 6.14. The molecule has 0 spiro atoms. The van der Waals surface area contributed by atoms with Crippen molar-refractivity contribution < 1.29 is 13.6 Å². The van der Waals surface area contributed by atoms with Crippen molar-refractivity contribution in [2.24, 2.45) is 0 Å². The summed E-state index contributed by atoms with van der Waals surface area (Å²) in [4.78, 5) is 11.6. The SMILES string of the molecule is CCn1nccc1CNC(=O)Nc1ccc(F)cc1F. The van der Waals surface area contributed by atoms with E-state index >= 15 is 0 Å². The summed E-state index contributed by atoms with van der Waals surface area (Å²) in [5.41, 5.74) is 0.759. The van der Waals surface area contributed by atoms with Crippen molar-refractivity contribution in [2.75, 3.05) is 5.32 Å². The van der Waals surface area contributed by atoms with Crippen LogP contribution in [0.2, 0.25) is 0 Å². The van der Waals surface area contributed by atoms with Gasteiger partial charge in [0.05, 0.1) is 17.9 Å². The maximum Gasteiger partial charge on any atom is 0.319 e. The van der Waals surface area contributed by atoms with Crippen molar-refractivity contribution in [3.63, 3.8) is 0 Å². The minimum absolute atomic E-state index is 0.0760. The van der Waals surface area contributed by atoms with Gasteiger partial charge in [-0.2, -0.15) is 5.10 Å². The smallest absolute Gasteiger partial charge is 0.319 e. The van der Waals surface area contributed by atoms with Gasteiger partial charge in [-0.1, -0.05) is 0 Å². The van der Waals surface area contributed by atoms with Crippen molar-refractivity contribution in [3.05, 3.63) is 47.8 Å². The Morgan fingerprint density at radius 1 is 1.35 bits per heavy atom. The molecule has 0 fully saturated rings. The Morgan fingerprint density at radius 3 is 2.85 bits per heavy atom. The zero-order chi connectivity index (χ0) is 14.5. The Morgan fingerprint density at radius 2 is 2.15 bits per heavy atom. The minimum Gasteiger partial charge on any atom is -0.332 e. The highest BCUT2D eigenvalue weighted by atomic mass is 19.1. The number of halogens is 2. The van der Waals surface area contributed by atoms with Crippen molar-refractivity contribution >= 4 is 11.7 Å². The molecule has 0 aliphatic rings. The minimum atomic E-state index is -0.821. The van der Waals surface area contributed by atoms with Gasteiger partial charge in [0.1, 0.15) is 11.6 Å². The van der Waals surface area contributed by atoms with Gasteiger partial charge in [-0.15, -0.1) is 0 Å². The molecule has 2 rings (SSSR count). The standard InChI is InChI=1S/C13H14F2N4O/c1-2-19-10(5-6-17-19)8-16-13(20)18-12-4-3-9(14)7-11(12)15/h3-7H,2,8H2,1H3,(H2,16,18,20). The summed E-state index contributed by atoms with van der Waals surface area (Å²) in [6, 6.07) is 4.16. The topological polar surface area (TPSA) is 59.0 Å². The molecule has 1 aromatic heterocycles. The van der Waals surface area contributed by atoms with Crippen LogP contribution in [0, 0.1) is 11.6 Å². The van der Waals surface area contributed by atoms with Gasteiger partial charge in [0.25, 0.3) is 0 Å². The number of aromatic nitrogens is 2. The molecule has 0 atom stereocenters. The molecule has 0 bridgehead atoms. The highest BCUT2D eigenvalue weighted by Crippen LogP contribution is 2.14. The zero-order valence-electron chi connectivity index (χ0n) is 10.9. The molecule has 0 saturated heterocycles. The van der Waals surface area contributed by atoms with E-state index in [4.69, 9.17) is 0 Å². The summed E-state index contributed by atoms with van der Waals surface area (Å²) in [5, 5.41) is 8.96. The summed E-state index contributed by atoms with van der Waals surface area (Å²) in [6.07, 6.45) is 1.64. The van der Waals surface area contributed by atoms with E-state index in [1.807, 2.05) is 6.92 Å². The van der Waals surface area contributed by atoms with E-state index in [0.717, 1.165) is 11.8 Å². The number of nitrogens with zero attached hydrogens (tertiary/aromatic N) is 2. The Bertz CT molecular complexity index is 612. The van der Waals surface area contributed by atoms with Crippen LogP contribution in [0.1, 0.15) is 12.6 Å². The number of amides is 2. The second-order valence-corrected chi connectivity index (χ2v) is 4.07. The summed E-state index contributed by atoms with van der Waals surface area (Å²) in [7, 11) is 0. The number of hydrogen-bond donors (Lipinski definition) is 2. The fourth-order valence-corrected chi connectivity index (χ4v) is 1.72. The number of anilines is 1. The van der Waals surface area contributed by atoms with Gasteiger partial charge in [0, 0.05) is 18.8 Å². The summed E-state index contributed by atoms with van der Waals surface area (Å²) >= 11 is 0. The fourth-order valence-electron chi connectivity index (χ4n) is 1.72. The number of benzene rings is 1. The molecule has 2 N–H and O–H groups in total. The monoisotopic (exact) mass is 280 g/mol. The molecule has 1 aromatic carbocycles. The fraction of sp³-hybridized carbons (Fsp3) is 0.231. The molecule has 0 saturated carbocycles. The summed E-state index contributed by atoms with van der Waals surface area (Å²) in [5.74, 6) is -1.51. The molecule has 106 valence electrons. The lowest BCUT2D eigenvalue weighted by Crippen LogP contribution is -2.29. The number of rotatable bonds is 4. The molecule has 0 aliphatic carbocycles. The van der Waals surface area contributed by atoms with Crippen LogP contribution in [0.5, 0.6) is 0 Å². The number of carbonyl (C=O) groups excluding carboxylic acids is 1. The lowest BCUT2D eigenvalue weighted by atomic mass is 10.3. The van der Waals surface area contributed by atoms with Gasteiger partial charge in [-0.3, -0.25) is 4.68 Å². The van der Waals surface area contributed by atoms with E-state index < -0.39 is 17.7 Å². The molecule has 5 nitrogen and oxygen atoms in total. The van der Waals surface area contributed by atoms with Crippen LogP contribution in [-0.2, 0) is 13.1 Å².